The Hall–Kier alpha value is -2.50. The van der Waals surface area contributed by atoms with E-state index >= 15 is 0 Å². The van der Waals surface area contributed by atoms with Crippen LogP contribution in [0.25, 0.3) is 0 Å². The Morgan fingerprint density at radius 1 is 1.29 bits per heavy atom. The molecule has 1 aromatic heterocycles. The highest BCUT2D eigenvalue weighted by atomic mass is 35.5. The fourth-order valence-electron chi connectivity index (χ4n) is 4.19. The molecule has 0 bridgehead atoms. The monoisotopic (exact) mass is 461 g/mol. The van der Waals surface area contributed by atoms with Gasteiger partial charge >= 0.3 is 0 Å². The maximum absolute atomic E-state index is 13.6. The first-order chi connectivity index (χ1) is 14.9. The highest BCUT2D eigenvalue weighted by molar-refractivity contribution is 6.35. The van der Waals surface area contributed by atoms with E-state index in [4.69, 9.17) is 38.4 Å². The molecule has 3 N–H and O–H groups in total. The Morgan fingerprint density at radius 2 is 2.03 bits per heavy atom. The van der Waals surface area contributed by atoms with Crippen LogP contribution in [0.1, 0.15) is 22.7 Å². The highest BCUT2D eigenvalue weighted by Crippen LogP contribution is 2.43. The van der Waals surface area contributed by atoms with Crippen molar-refractivity contribution in [2.75, 3.05) is 32.8 Å². The molecule has 3 heterocycles. The summed E-state index contributed by atoms with van der Waals surface area (Å²) in [5.41, 5.74) is 7.71. The molecule has 1 atom stereocenters. The van der Waals surface area contributed by atoms with E-state index in [9.17, 15) is 10.1 Å². The summed E-state index contributed by atoms with van der Waals surface area (Å²) in [7, 11) is 0. The lowest BCUT2D eigenvalue weighted by atomic mass is 9.84. The van der Waals surface area contributed by atoms with Gasteiger partial charge in [-0.15, -0.1) is 0 Å². The number of aromatic nitrogens is 1. The van der Waals surface area contributed by atoms with Crippen molar-refractivity contribution in [1.82, 2.24) is 4.57 Å². The molecule has 1 fully saturated rings. The number of ether oxygens (including phenoxy) is 2. The van der Waals surface area contributed by atoms with E-state index in [1.165, 1.54) is 4.90 Å². The Bertz CT molecular complexity index is 1150. The van der Waals surface area contributed by atoms with Gasteiger partial charge in [0.25, 0.3) is 5.56 Å². The molecule has 0 radical (unpaired) electrons. The van der Waals surface area contributed by atoms with Gasteiger partial charge in [0.2, 0.25) is 5.88 Å². The molecular weight excluding hydrogens is 439 g/mol. The van der Waals surface area contributed by atoms with E-state index in [0.29, 0.717) is 33.5 Å². The summed E-state index contributed by atoms with van der Waals surface area (Å²) < 4.78 is 12.8. The third kappa shape index (κ3) is 4.17. The predicted octanol–water partition coefficient (Wildman–Crippen LogP) is 1.60. The number of halogens is 2. The largest absolute Gasteiger partial charge is 0.440 e. The lowest BCUT2D eigenvalue weighted by Crippen LogP contribution is -3.14. The van der Waals surface area contributed by atoms with Gasteiger partial charge in [-0.1, -0.05) is 29.3 Å². The Kier molecular flexibility index (Phi) is 6.26. The van der Waals surface area contributed by atoms with Crippen LogP contribution < -0.4 is 20.9 Å². The van der Waals surface area contributed by atoms with Gasteiger partial charge in [0.05, 0.1) is 37.8 Å². The molecule has 0 unspecified atom stereocenters. The van der Waals surface area contributed by atoms with Gasteiger partial charge in [-0.05, 0) is 24.6 Å². The molecule has 9 heteroatoms. The summed E-state index contributed by atoms with van der Waals surface area (Å²) in [4.78, 5) is 15.0. The SMILES string of the molecule is Cc1cc2c(c(=O)n1CC[NH+]1CCOCC1)[C@H](c1ccc(Cl)cc1Cl)C(C#N)=C(N)O2. The molecule has 1 saturated heterocycles. The van der Waals surface area contributed by atoms with Crippen molar-refractivity contribution in [3.8, 4) is 11.8 Å². The van der Waals surface area contributed by atoms with Gasteiger partial charge in [-0.25, -0.2) is 0 Å². The number of pyridine rings is 1. The number of fused-ring (bicyclic) bond motifs is 1. The number of allylic oxidation sites excluding steroid dienone is 1. The van der Waals surface area contributed by atoms with E-state index in [0.717, 1.165) is 38.5 Å². The molecule has 0 saturated carbocycles. The quantitative estimate of drug-likeness (QED) is 0.720. The van der Waals surface area contributed by atoms with E-state index in [2.05, 4.69) is 6.07 Å². The van der Waals surface area contributed by atoms with Gasteiger partial charge in [0, 0.05) is 21.8 Å². The number of benzene rings is 1. The summed E-state index contributed by atoms with van der Waals surface area (Å²) in [6, 6.07) is 8.88. The van der Waals surface area contributed by atoms with Crippen LogP contribution in [0.4, 0.5) is 0 Å². The first kappa shape index (κ1) is 21.7. The van der Waals surface area contributed by atoms with E-state index in [-0.39, 0.29) is 17.0 Å². The van der Waals surface area contributed by atoms with Crippen LogP contribution in [0, 0.1) is 18.3 Å². The van der Waals surface area contributed by atoms with Gasteiger partial charge in [-0.2, -0.15) is 5.26 Å². The minimum atomic E-state index is -0.728. The third-order valence-electron chi connectivity index (χ3n) is 5.85. The molecule has 7 nitrogen and oxygen atoms in total. The number of nitrogens with zero attached hydrogens (tertiary/aromatic N) is 2. The fourth-order valence-corrected chi connectivity index (χ4v) is 4.71. The average molecular weight is 462 g/mol. The van der Waals surface area contributed by atoms with E-state index < -0.39 is 5.92 Å². The molecule has 0 amide bonds. The summed E-state index contributed by atoms with van der Waals surface area (Å²) in [5, 5.41) is 10.6. The van der Waals surface area contributed by atoms with Crippen LogP contribution in [-0.2, 0) is 11.3 Å². The standard InChI is InChI=1S/C22H22Cl2N4O3/c1-13-10-18-20(22(29)28(13)5-4-27-6-8-30-9-7-27)19(16(12-25)21(26)31-18)15-3-2-14(23)11-17(15)24/h2-3,10-11,19H,4-9,26H2,1H3/p+1/t19-/m1/s1. The number of hydrogen-bond acceptors (Lipinski definition) is 5. The van der Waals surface area contributed by atoms with Gasteiger partial charge in [0.1, 0.15) is 30.5 Å². The maximum atomic E-state index is 13.6. The number of nitriles is 1. The molecule has 162 valence electrons. The minimum absolute atomic E-state index is 0.0275. The van der Waals surface area contributed by atoms with Gasteiger partial charge in [0.15, 0.2) is 0 Å². The molecule has 0 aliphatic carbocycles. The number of nitrogens with two attached hydrogens (primary N) is 1. The lowest BCUT2D eigenvalue weighted by Gasteiger charge is -2.28. The Labute approximate surface area is 190 Å². The zero-order chi connectivity index (χ0) is 22.1. The summed E-state index contributed by atoms with van der Waals surface area (Å²) >= 11 is 12.5. The van der Waals surface area contributed by atoms with Crippen LogP contribution in [0.5, 0.6) is 5.75 Å². The number of aryl methyl sites for hydroxylation is 1. The van der Waals surface area contributed by atoms with Crippen molar-refractivity contribution < 1.29 is 14.4 Å². The molecular formula is C22H23Cl2N4O3+. The molecule has 2 aliphatic heterocycles. The van der Waals surface area contributed by atoms with Crippen LogP contribution in [0.3, 0.4) is 0 Å². The molecule has 1 aromatic carbocycles. The second-order valence-corrected chi connectivity index (χ2v) is 8.57. The normalized spacial score (nSPS) is 19.0. The zero-order valence-electron chi connectivity index (χ0n) is 17.1. The smallest absolute Gasteiger partial charge is 0.258 e. The first-order valence-corrected chi connectivity index (χ1v) is 10.8. The van der Waals surface area contributed by atoms with Crippen molar-refractivity contribution in [2.24, 2.45) is 5.73 Å². The van der Waals surface area contributed by atoms with Crippen molar-refractivity contribution in [1.29, 1.82) is 5.26 Å². The summed E-state index contributed by atoms with van der Waals surface area (Å²) in [6.45, 7) is 6.52. The van der Waals surface area contributed by atoms with Crippen LogP contribution >= 0.6 is 23.2 Å². The number of rotatable bonds is 4. The van der Waals surface area contributed by atoms with Gasteiger partial charge in [-0.3, -0.25) is 4.79 Å². The second-order valence-electron chi connectivity index (χ2n) is 7.72. The van der Waals surface area contributed by atoms with Crippen LogP contribution in [0.15, 0.2) is 40.5 Å². The van der Waals surface area contributed by atoms with E-state index in [1.54, 1.807) is 28.8 Å². The fraction of sp³-hybridized carbons (Fsp3) is 0.364. The van der Waals surface area contributed by atoms with Crippen molar-refractivity contribution >= 4 is 23.2 Å². The number of hydrogen-bond donors (Lipinski definition) is 2. The number of quaternary nitrogens is 1. The zero-order valence-corrected chi connectivity index (χ0v) is 18.6. The van der Waals surface area contributed by atoms with E-state index in [1.807, 2.05) is 6.92 Å². The topological polar surface area (TPSA) is 94.7 Å². The molecule has 2 aliphatic rings. The maximum Gasteiger partial charge on any atom is 0.258 e. The average Bonchev–Trinajstić information content (AvgIpc) is 2.73. The second kappa shape index (κ2) is 8.93. The Balaban J connectivity index is 1.81. The predicted molar refractivity (Wildman–Crippen MR) is 118 cm³/mol. The van der Waals surface area contributed by atoms with Gasteiger partial charge < -0.3 is 24.7 Å². The highest BCUT2D eigenvalue weighted by Gasteiger charge is 2.35. The first-order valence-electron chi connectivity index (χ1n) is 10.1. The van der Waals surface area contributed by atoms with Crippen LogP contribution in [-0.4, -0.2) is 37.4 Å². The summed E-state index contributed by atoms with van der Waals surface area (Å²) in [6.07, 6.45) is 0. The van der Waals surface area contributed by atoms with Crippen molar-refractivity contribution in [3.63, 3.8) is 0 Å². The number of morpholine rings is 1. The molecule has 0 spiro atoms. The molecule has 2 aromatic rings. The lowest BCUT2D eigenvalue weighted by molar-refractivity contribution is -0.908. The van der Waals surface area contributed by atoms with Crippen molar-refractivity contribution in [2.45, 2.75) is 19.4 Å². The Morgan fingerprint density at radius 3 is 2.71 bits per heavy atom. The molecule has 4 rings (SSSR count). The number of nitrogens with one attached hydrogen (secondary N) is 1. The molecule has 31 heavy (non-hydrogen) atoms. The van der Waals surface area contributed by atoms with Crippen molar-refractivity contribution in [3.05, 3.63) is 72.9 Å². The summed E-state index contributed by atoms with van der Waals surface area (Å²) in [5.74, 6) is -0.404. The third-order valence-corrected chi connectivity index (χ3v) is 6.41. The van der Waals surface area contributed by atoms with Crippen LogP contribution in [0.2, 0.25) is 10.0 Å². The minimum Gasteiger partial charge on any atom is -0.440 e.